The van der Waals surface area contributed by atoms with Crippen LogP contribution in [0.5, 0.6) is 0 Å². The van der Waals surface area contributed by atoms with E-state index in [0.717, 1.165) is 0 Å². The van der Waals surface area contributed by atoms with Gasteiger partial charge in [-0.05, 0) is 18.1 Å². The van der Waals surface area contributed by atoms with Gasteiger partial charge in [0.1, 0.15) is 0 Å². The van der Waals surface area contributed by atoms with Gasteiger partial charge in [-0.15, -0.1) is 0 Å². The number of carboxylic acid groups (broad SMARTS) is 1. The van der Waals surface area contributed by atoms with E-state index < -0.39 is 24.6 Å². The zero-order chi connectivity index (χ0) is 15.9. The lowest BCUT2D eigenvalue weighted by Crippen LogP contribution is -2.31. The lowest BCUT2D eigenvalue weighted by Gasteiger charge is -2.12. The Morgan fingerprint density at radius 2 is 1.86 bits per heavy atom. The minimum Gasteiger partial charge on any atom is -0.481 e. The van der Waals surface area contributed by atoms with Crippen molar-refractivity contribution in [1.82, 2.24) is 5.32 Å². The van der Waals surface area contributed by atoms with E-state index in [1.807, 2.05) is 0 Å². The van der Waals surface area contributed by atoms with Crippen LogP contribution in [0.25, 0.3) is 0 Å². The number of nitrogens with one attached hydrogen (secondary N) is 2. The molecule has 2 amide bonds. The maximum atomic E-state index is 12.2. The number of alkyl halides is 3. The van der Waals surface area contributed by atoms with Gasteiger partial charge in [0.2, 0.25) is 0 Å². The van der Waals surface area contributed by atoms with Gasteiger partial charge in [0, 0.05) is 18.7 Å². The minimum absolute atomic E-state index is 0.0636. The SMILES string of the molecule is O=C(O)CCNC(=O)Nc1ccccc1CCC(F)(F)F. The summed E-state index contributed by atoms with van der Waals surface area (Å²) in [6.45, 7) is -0.0636. The molecule has 116 valence electrons. The summed E-state index contributed by atoms with van der Waals surface area (Å²) in [6, 6.07) is 5.50. The van der Waals surface area contributed by atoms with Gasteiger partial charge in [0.05, 0.1) is 6.42 Å². The standard InChI is InChI=1S/C13H15F3N2O3/c14-13(15,16)7-5-9-3-1-2-4-10(9)18-12(21)17-8-6-11(19)20/h1-4H,5-8H2,(H,19,20)(H2,17,18,21). The number of carbonyl (C=O) groups excluding carboxylic acids is 1. The monoisotopic (exact) mass is 304 g/mol. The number of rotatable bonds is 6. The molecule has 21 heavy (non-hydrogen) atoms. The fourth-order valence-electron chi connectivity index (χ4n) is 1.59. The summed E-state index contributed by atoms with van der Waals surface area (Å²) in [4.78, 5) is 21.8. The van der Waals surface area contributed by atoms with Crippen molar-refractivity contribution in [3.63, 3.8) is 0 Å². The fraction of sp³-hybridized carbons (Fsp3) is 0.385. The van der Waals surface area contributed by atoms with E-state index in [1.165, 1.54) is 12.1 Å². The van der Waals surface area contributed by atoms with Crippen molar-refractivity contribution >= 4 is 17.7 Å². The highest BCUT2D eigenvalue weighted by atomic mass is 19.4. The van der Waals surface area contributed by atoms with Crippen molar-refractivity contribution in [2.45, 2.75) is 25.4 Å². The Morgan fingerprint density at radius 3 is 2.48 bits per heavy atom. The average Bonchev–Trinajstić information content (AvgIpc) is 2.36. The van der Waals surface area contributed by atoms with E-state index >= 15 is 0 Å². The van der Waals surface area contributed by atoms with E-state index in [0.29, 0.717) is 5.56 Å². The summed E-state index contributed by atoms with van der Waals surface area (Å²) in [5.74, 6) is -1.05. The van der Waals surface area contributed by atoms with Crippen molar-refractivity contribution in [3.05, 3.63) is 29.8 Å². The predicted molar refractivity (Wildman–Crippen MR) is 70.1 cm³/mol. The number of hydrogen-bond acceptors (Lipinski definition) is 2. The molecule has 8 heteroatoms. The number of aliphatic carboxylic acids is 1. The number of carboxylic acids is 1. The molecule has 1 aromatic carbocycles. The van der Waals surface area contributed by atoms with Gasteiger partial charge in [-0.25, -0.2) is 4.79 Å². The number of halogens is 3. The molecular weight excluding hydrogens is 289 g/mol. The lowest BCUT2D eigenvalue weighted by atomic mass is 10.1. The van der Waals surface area contributed by atoms with E-state index in [4.69, 9.17) is 5.11 Å². The molecule has 0 bridgehead atoms. The molecule has 0 spiro atoms. The lowest BCUT2D eigenvalue weighted by molar-refractivity contribution is -0.137. The van der Waals surface area contributed by atoms with Crippen LogP contribution in [-0.4, -0.2) is 29.8 Å². The highest BCUT2D eigenvalue weighted by Gasteiger charge is 2.26. The molecule has 0 aromatic heterocycles. The Morgan fingerprint density at radius 1 is 1.19 bits per heavy atom. The third-order valence-corrected chi connectivity index (χ3v) is 2.57. The van der Waals surface area contributed by atoms with Gasteiger partial charge >= 0.3 is 18.2 Å². The third kappa shape index (κ3) is 7.19. The number of aryl methyl sites for hydroxylation is 1. The zero-order valence-electron chi connectivity index (χ0n) is 11.0. The molecule has 0 unspecified atom stereocenters. The van der Waals surface area contributed by atoms with Crippen molar-refractivity contribution in [2.24, 2.45) is 0 Å². The van der Waals surface area contributed by atoms with Crippen LogP contribution in [0.15, 0.2) is 24.3 Å². The normalized spacial score (nSPS) is 11.0. The van der Waals surface area contributed by atoms with Crippen molar-refractivity contribution < 1.29 is 27.9 Å². The van der Waals surface area contributed by atoms with E-state index in [1.54, 1.807) is 12.1 Å². The molecule has 1 aromatic rings. The quantitative estimate of drug-likeness (QED) is 0.756. The summed E-state index contributed by atoms with van der Waals surface area (Å²) >= 11 is 0. The Balaban J connectivity index is 2.58. The third-order valence-electron chi connectivity index (χ3n) is 2.57. The topological polar surface area (TPSA) is 78.4 Å². The first-order valence-electron chi connectivity index (χ1n) is 6.19. The second-order valence-electron chi connectivity index (χ2n) is 4.30. The highest BCUT2D eigenvalue weighted by molar-refractivity contribution is 5.90. The average molecular weight is 304 g/mol. The summed E-state index contributed by atoms with van der Waals surface area (Å²) in [5, 5.41) is 13.1. The summed E-state index contributed by atoms with van der Waals surface area (Å²) in [5.41, 5.74) is 0.637. The molecule has 0 atom stereocenters. The molecule has 5 nitrogen and oxygen atoms in total. The van der Waals surface area contributed by atoms with Crippen LogP contribution in [0.3, 0.4) is 0 Å². The smallest absolute Gasteiger partial charge is 0.389 e. The molecule has 0 fully saturated rings. The minimum atomic E-state index is -4.27. The zero-order valence-corrected chi connectivity index (χ0v) is 11.0. The maximum absolute atomic E-state index is 12.2. The number of benzene rings is 1. The van der Waals surface area contributed by atoms with E-state index in [-0.39, 0.29) is 25.1 Å². The maximum Gasteiger partial charge on any atom is 0.389 e. The highest BCUT2D eigenvalue weighted by Crippen LogP contribution is 2.25. The predicted octanol–water partition coefficient (Wildman–Crippen LogP) is 2.78. The second kappa shape index (κ2) is 7.51. The van der Waals surface area contributed by atoms with Gasteiger partial charge < -0.3 is 15.7 Å². The molecule has 0 radical (unpaired) electrons. The van der Waals surface area contributed by atoms with Gasteiger partial charge in [0.25, 0.3) is 0 Å². The molecule has 3 N–H and O–H groups in total. The first-order valence-corrected chi connectivity index (χ1v) is 6.19. The van der Waals surface area contributed by atoms with E-state index in [2.05, 4.69) is 10.6 Å². The van der Waals surface area contributed by atoms with Crippen LogP contribution >= 0.6 is 0 Å². The molecular formula is C13H15F3N2O3. The number of carbonyl (C=O) groups is 2. The molecule has 0 saturated carbocycles. The summed E-state index contributed by atoms with van der Waals surface area (Å²) < 4.78 is 36.7. The Labute approximate surface area is 119 Å². The van der Waals surface area contributed by atoms with Crippen LogP contribution in [0, 0.1) is 0 Å². The largest absolute Gasteiger partial charge is 0.481 e. The second-order valence-corrected chi connectivity index (χ2v) is 4.30. The molecule has 0 saturated heterocycles. The summed E-state index contributed by atoms with van der Waals surface area (Å²) in [7, 11) is 0. The van der Waals surface area contributed by atoms with Gasteiger partial charge in [-0.2, -0.15) is 13.2 Å². The van der Waals surface area contributed by atoms with Crippen LogP contribution < -0.4 is 10.6 Å². The molecule has 0 heterocycles. The van der Waals surface area contributed by atoms with Crippen molar-refractivity contribution in [2.75, 3.05) is 11.9 Å². The van der Waals surface area contributed by atoms with Crippen LogP contribution in [0.4, 0.5) is 23.7 Å². The van der Waals surface area contributed by atoms with Crippen LogP contribution in [0.1, 0.15) is 18.4 Å². The Hall–Kier alpha value is -2.25. The first-order chi connectivity index (χ1) is 9.78. The summed E-state index contributed by atoms with van der Waals surface area (Å²) in [6.07, 6.45) is -5.72. The molecule has 0 aliphatic rings. The van der Waals surface area contributed by atoms with Crippen LogP contribution in [0.2, 0.25) is 0 Å². The number of para-hydroxylation sites is 1. The number of anilines is 1. The number of urea groups is 1. The van der Waals surface area contributed by atoms with Gasteiger partial charge in [-0.1, -0.05) is 18.2 Å². The fourth-order valence-corrected chi connectivity index (χ4v) is 1.59. The Bertz CT molecular complexity index is 504. The van der Waals surface area contributed by atoms with Gasteiger partial charge in [-0.3, -0.25) is 4.79 Å². The van der Waals surface area contributed by atoms with E-state index in [9.17, 15) is 22.8 Å². The van der Waals surface area contributed by atoms with Gasteiger partial charge in [0.15, 0.2) is 0 Å². The molecule has 1 rings (SSSR count). The Kier molecular flexibility index (Phi) is 6.01. The van der Waals surface area contributed by atoms with Crippen molar-refractivity contribution in [3.8, 4) is 0 Å². The van der Waals surface area contributed by atoms with Crippen LogP contribution in [-0.2, 0) is 11.2 Å². The number of hydrogen-bond donors (Lipinski definition) is 3. The molecule has 0 aliphatic heterocycles. The number of amides is 2. The molecule has 0 aliphatic carbocycles. The first kappa shape index (κ1) is 16.8. The van der Waals surface area contributed by atoms with Crippen molar-refractivity contribution in [1.29, 1.82) is 0 Å².